The minimum Gasteiger partial charge on any atom is -0.380 e. The standard InChI is InChI=1S/C42H43BrN4O/c1-45(2)21-20-42(48,38-19-11-17-33-16-9-10-18-37(33)38)39-29-36(43)28-34-27-35(26-31-12-5-3-6-13-31)41(44-40(34)39)47-24-22-46(23-25-47)30-32-14-7-4-8-15-32/h3-19,27-29,48H,20-26,30H2,1-2H3. The SMILES string of the molecule is CN(C)CCC(O)(c1cccc2ccccc12)c1cc(Br)cc2cc(Cc3ccccc3)c(N3CCN(Cc4ccccc4)CC3)nc12. The second-order valence-corrected chi connectivity index (χ2v) is 14.3. The van der Waals surface area contributed by atoms with Gasteiger partial charge in [-0.3, -0.25) is 4.90 Å². The summed E-state index contributed by atoms with van der Waals surface area (Å²) < 4.78 is 0.934. The predicted octanol–water partition coefficient (Wildman–Crippen LogP) is 8.25. The van der Waals surface area contributed by atoms with Gasteiger partial charge in [-0.2, -0.15) is 0 Å². The summed E-state index contributed by atoms with van der Waals surface area (Å²) in [4.78, 5) is 12.7. The summed E-state index contributed by atoms with van der Waals surface area (Å²) in [7, 11) is 4.12. The van der Waals surface area contributed by atoms with Gasteiger partial charge in [0.15, 0.2) is 0 Å². The molecule has 0 radical (unpaired) electrons. The molecule has 1 aromatic heterocycles. The number of pyridine rings is 1. The lowest BCUT2D eigenvalue weighted by Gasteiger charge is -2.37. The molecule has 1 unspecified atom stereocenters. The van der Waals surface area contributed by atoms with Crippen molar-refractivity contribution in [2.75, 3.05) is 51.7 Å². The Balaban J connectivity index is 1.35. The Morgan fingerprint density at radius 2 is 1.40 bits per heavy atom. The molecule has 1 saturated heterocycles. The van der Waals surface area contributed by atoms with Crippen LogP contribution in [-0.2, 0) is 18.6 Å². The van der Waals surface area contributed by atoms with Crippen LogP contribution in [0.4, 0.5) is 5.82 Å². The van der Waals surface area contributed by atoms with E-state index < -0.39 is 5.60 Å². The third-order valence-electron chi connectivity index (χ3n) is 9.70. The first-order chi connectivity index (χ1) is 23.4. The molecule has 1 aliphatic heterocycles. The van der Waals surface area contributed by atoms with Gasteiger partial charge in [0.05, 0.1) is 5.52 Å². The first-order valence-electron chi connectivity index (χ1n) is 16.9. The van der Waals surface area contributed by atoms with Crippen molar-refractivity contribution in [1.82, 2.24) is 14.8 Å². The normalized spacial score (nSPS) is 15.3. The van der Waals surface area contributed by atoms with Gasteiger partial charge < -0.3 is 14.9 Å². The van der Waals surface area contributed by atoms with Crippen molar-refractivity contribution in [1.29, 1.82) is 0 Å². The molecule has 6 heteroatoms. The van der Waals surface area contributed by atoms with Crippen LogP contribution in [0.15, 0.2) is 126 Å². The van der Waals surface area contributed by atoms with E-state index in [2.05, 4.69) is 166 Å². The van der Waals surface area contributed by atoms with Gasteiger partial charge in [-0.15, -0.1) is 0 Å². The van der Waals surface area contributed by atoms with E-state index in [1.807, 2.05) is 0 Å². The molecule has 5 aromatic carbocycles. The highest BCUT2D eigenvalue weighted by Crippen LogP contribution is 2.42. The highest BCUT2D eigenvalue weighted by atomic mass is 79.9. The summed E-state index contributed by atoms with van der Waals surface area (Å²) >= 11 is 3.83. The van der Waals surface area contributed by atoms with E-state index in [1.54, 1.807) is 0 Å². The number of nitrogens with zero attached hydrogens (tertiary/aromatic N) is 4. The molecule has 0 amide bonds. The van der Waals surface area contributed by atoms with Crippen LogP contribution in [0.3, 0.4) is 0 Å². The molecule has 1 N–H and O–H groups in total. The zero-order valence-corrected chi connectivity index (χ0v) is 29.4. The van der Waals surface area contributed by atoms with Crippen molar-refractivity contribution in [3.63, 3.8) is 0 Å². The monoisotopic (exact) mass is 698 g/mol. The molecule has 5 nitrogen and oxygen atoms in total. The molecule has 1 aliphatic rings. The molecule has 7 rings (SSSR count). The van der Waals surface area contributed by atoms with Crippen molar-refractivity contribution >= 4 is 43.4 Å². The van der Waals surface area contributed by atoms with Gasteiger partial charge in [0.2, 0.25) is 0 Å². The van der Waals surface area contributed by atoms with E-state index >= 15 is 0 Å². The van der Waals surface area contributed by atoms with Gasteiger partial charge in [0.25, 0.3) is 0 Å². The van der Waals surface area contributed by atoms with Crippen molar-refractivity contribution in [2.24, 2.45) is 0 Å². The number of benzene rings is 5. The second-order valence-electron chi connectivity index (χ2n) is 13.3. The van der Waals surface area contributed by atoms with Crippen LogP contribution in [0.1, 0.15) is 34.2 Å². The first-order valence-corrected chi connectivity index (χ1v) is 17.7. The maximum atomic E-state index is 13.1. The highest BCUT2D eigenvalue weighted by molar-refractivity contribution is 9.10. The smallest absolute Gasteiger partial charge is 0.132 e. The van der Waals surface area contributed by atoms with E-state index in [9.17, 15) is 5.11 Å². The van der Waals surface area contributed by atoms with Crippen molar-refractivity contribution < 1.29 is 5.11 Å². The van der Waals surface area contributed by atoms with Gasteiger partial charge >= 0.3 is 0 Å². The van der Waals surface area contributed by atoms with Gasteiger partial charge in [-0.1, -0.05) is 119 Å². The van der Waals surface area contributed by atoms with E-state index in [-0.39, 0.29) is 0 Å². The van der Waals surface area contributed by atoms with Gasteiger partial charge in [-0.05, 0) is 71.7 Å². The summed E-state index contributed by atoms with van der Waals surface area (Å²) in [6, 6.07) is 42.6. The largest absolute Gasteiger partial charge is 0.380 e. The molecule has 2 heterocycles. The van der Waals surface area contributed by atoms with E-state index in [0.29, 0.717) is 6.42 Å². The lowest BCUT2D eigenvalue weighted by atomic mass is 9.80. The number of fused-ring (bicyclic) bond motifs is 2. The molecule has 48 heavy (non-hydrogen) atoms. The van der Waals surface area contributed by atoms with Gasteiger partial charge in [0, 0.05) is 61.1 Å². The van der Waals surface area contributed by atoms with E-state index in [1.165, 1.54) is 16.7 Å². The Morgan fingerprint density at radius 3 is 2.12 bits per heavy atom. The van der Waals surface area contributed by atoms with Gasteiger partial charge in [0.1, 0.15) is 11.4 Å². The molecular weight excluding hydrogens is 656 g/mol. The predicted molar refractivity (Wildman–Crippen MR) is 203 cm³/mol. The summed E-state index contributed by atoms with van der Waals surface area (Å²) in [5.41, 5.74) is 5.14. The molecule has 1 fully saturated rings. The summed E-state index contributed by atoms with van der Waals surface area (Å²) in [6.07, 6.45) is 1.32. The van der Waals surface area contributed by atoms with E-state index in [0.717, 1.165) is 88.8 Å². The van der Waals surface area contributed by atoms with Crippen molar-refractivity contribution in [3.8, 4) is 0 Å². The number of aromatic nitrogens is 1. The number of hydrogen-bond acceptors (Lipinski definition) is 5. The molecule has 0 spiro atoms. The fourth-order valence-corrected chi connectivity index (χ4v) is 7.64. The number of halogens is 1. The number of aliphatic hydroxyl groups is 1. The molecule has 244 valence electrons. The Labute approximate surface area is 292 Å². The third-order valence-corrected chi connectivity index (χ3v) is 10.2. The maximum Gasteiger partial charge on any atom is 0.132 e. The average Bonchev–Trinajstić information content (AvgIpc) is 3.11. The third kappa shape index (κ3) is 6.90. The summed E-state index contributed by atoms with van der Waals surface area (Å²) in [6.45, 7) is 5.40. The van der Waals surface area contributed by atoms with Crippen LogP contribution >= 0.6 is 15.9 Å². The quantitative estimate of drug-likeness (QED) is 0.156. The number of piperazine rings is 1. The van der Waals surface area contributed by atoms with Crippen molar-refractivity contribution in [3.05, 3.63) is 154 Å². The zero-order valence-electron chi connectivity index (χ0n) is 27.8. The highest BCUT2D eigenvalue weighted by Gasteiger charge is 2.36. The Kier molecular flexibility index (Phi) is 9.60. The van der Waals surface area contributed by atoms with E-state index in [4.69, 9.17) is 4.98 Å². The van der Waals surface area contributed by atoms with Crippen LogP contribution in [0.25, 0.3) is 21.7 Å². The first kappa shape index (κ1) is 32.5. The Morgan fingerprint density at radius 1 is 0.729 bits per heavy atom. The fourth-order valence-electron chi connectivity index (χ4n) is 7.17. The topological polar surface area (TPSA) is 42.8 Å². The Hall–Kier alpha value is -4.07. The molecule has 1 atom stereocenters. The Bertz CT molecular complexity index is 2000. The number of hydrogen-bond donors (Lipinski definition) is 1. The molecule has 0 aliphatic carbocycles. The maximum absolute atomic E-state index is 13.1. The summed E-state index contributed by atoms with van der Waals surface area (Å²) in [5.74, 6) is 1.02. The molecule has 0 saturated carbocycles. The molecular formula is C42H43BrN4O. The minimum absolute atomic E-state index is 0.528. The summed E-state index contributed by atoms with van der Waals surface area (Å²) in [5, 5.41) is 16.3. The lowest BCUT2D eigenvalue weighted by molar-refractivity contribution is 0.0656. The lowest BCUT2D eigenvalue weighted by Crippen LogP contribution is -2.46. The fraction of sp³-hybridized carbons (Fsp3) is 0.262. The number of rotatable bonds is 10. The van der Waals surface area contributed by atoms with Gasteiger partial charge in [-0.25, -0.2) is 4.98 Å². The van der Waals surface area contributed by atoms with Crippen LogP contribution < -0.4 is 4.90 Å². The minimum atomic E-state index is -1.27. The average molecular weight is 700 g/mol. The van der Waals surface area contributed by atoms with Crippen LogP contribution in [-0.4, -0.2) is 66.7 Å². The van der Waals surface area contributed by atoms with Crippen LogP contribution in [0.2, 0.25) is 0 Å². The zero-order chi connectivity index (χ0) is 33.1. The molecule has 0 bridgehead atoms. The number of anilines is 1. The molecule has 6 aromatic rings. The van der Waals surface area contributed by atoms with Crippen LogP contribution in [0.5, 0.6) is 0 Å². The van der Waals surface area contributed by atoms with Crippen molar-refractivity contribution in [2.45, 2.75) is 25.0 Å². The van der Waals surface area contributed by atoms with Crippen LogP contribution in [0, 0.1) is 0 Å². The second kappa shape index (κ2) is 14.2.